The summed E-state index contributed by atoms with van der Waals surface area (Å²) in [5, 5.41) is 0. The zero-order valence-electron chi connectivity index (χ0n) is 8.98. The standard InChI is InChI=1S/C11H13NO3/c1-8(14)15-11-6-10(12(2)3)5-4-9(11)7-13/h4-7H,1-3H3. The van der Waals surface area contributed by atoms with E-state index in [1.165, 1.54) is 6.92 Å². The number of esters is 1. The van der Waals surface area contributed by atoms with Crippen molar-refractivity contribution in [2.24, 2.45) is 0 Å². The van der Waals surface area contributed by atoms with Crippen LogP contribution < -0.4 is 9.64 Å². The molecule has 1 aromatic carbocycles. The molecule has 0 saturated carbocycles. The van der Waals surface area contributed by atoms with Gasteiger partial charge in [0.25, 0.3) is 0 Å². The fraction of sp³-hybridized carbons (Fsp3) is 0.273. The van der Waals surface area contributed by atoms with Gasteiger partial charge in [0.15, 0.2) is 6.29 Å². The van der Waals surface area contributed by atoms with Crippen molar-refractivity contribution >= 4 is 17.9 Å². The SMILES string of the molecule is CC(=O)Oc1cc(N(C)C)ccc1C=O. The first-order chi connectivity index (χ1) is 7.04. The summed E-state index contributed by atoms with van der Waals surface area (Å²) in [5.41, 5.74) is 1.24. The average Bonchev–Trinajstić information content (AvgIpc) is 2.16. The Hall–Kier alpha value is -1.84. The number of hydrogen-bond donors (Lipinski definition) is 0. The molecule has 0 N–H and O–H groups in total. The molecule has 0 aromatic heterocycles. The Morgan fingerprint density at radius 2 is 2.07 bits per heavy atom. The second kappa shape index (κ2) is 4.59. The predicted molar refractivity (Wildman–Crippen MR) is 57.5 cm³/mol. The van der Waals surface area contributed by atoms with Gasteiger partial charge in [-0.1, -0.05) is 0 Å². The zero-order chi connectivity index (χ0) is 11.4. The van der Waals surface area contributed by atoms with Crippen LogP contribution in [-0.4, -0.2) is 26.4 Å². The van der Waals surface area contributed by atoms with Gasteiger partial charge >= 0.3 is 5.97 Å². The van der Waals surface area contributed by atoms with Crippen LogP contribution in [0.25, 0.3) is 0 Å². The highest BCUT2D eigenvalue weighted by atomic mass is 16.5. The smallest absolute Gasteiger partial charge is 0.308 e. The highest BCUT2D eigenvalue weighted by molar-refractivity contribution is 5.83. The molecular weight excluding hydrogens is 194 g/mol. The third-order valence-electron chi connectivity index (χ3n) is 1.89. The van der Waals surface area contributed by atoms with Crippen molar-refractivity contribution in [2.75, 3.05) is 19.0 Å². The second-order valence-electron chi connectivity index (χ2n) is 3.33. The largest absolute Gasteiger partial charge is 0.426 e. The Bertz CT molecular complexity index is 385. The Kier molecular flexibility index (Phi) is 3.44. The minimum absolute atomic E-state index is 0.295. The summed E-state index contributed by atoms with van der Waals surface area (Å²) < 4.78 is 4.93. The van der Waals surface area contributed by atoms with E-state index in [-0.39, 0.29) is 0 Å². The van der Waals surface area contributed by atoms with Gasteiger partial charge in [-0.15, -0.1) is 0 Å². The lowest BCUT2D eigenvalue weighted by molar-refractivity contribution is -0.131. The highest BCUT2D eigenvalue weighted by Gasteiger charge is 2.07. The molecule has 0 aliphatic carbocycles. The molecule has 0 spiro atoms. The van der Waals surface area contributed by atoms with E-state index in [2.05, 4.69) is 0 Å². The van der Waals surface area contributed by atoms with Crippen LogP contribution in [0.5, 0.6) is 5.75 Å². The number of aldehydes is 1. The van der Waals surface area contributed by atoms with E-state index in [0.29, 0.717) is 17.6 Å². The first-order valence-electron chi connectivity index (χ1n) is 4.49. The molecule has 0 aliphatic rings. The van der Waals surface area contributed by atoms with Gasteiger partial charge in [-0.2, -0.15) is 0 Å². The van der Waals surface area contributed by atoms with E-state index in [1.54, 1.807) is 18.2 Å². The van der Waals surface area contributed by atoms with E-state index >= 15 is 0 Å². The molecule has 1 rings (SSSR count). The number of nitrogens with zero attached hydrogens (tertiary/aromatic N) is 1. The second-order valence-corrected chi connectivity index (χ2v) is 3.33. The van der Waals surface area contributed by atoms with Crippen LogP contribution in [-0.2, 0) is 4.79 Å². The fourth-order valence-corrected chi connectivity index (χ4v) is 1.14. The monoisotopic (exact) mass is 207 g/mol. The molecule has 0 heterocycles. The first kappa shape index (κ1) is 11.2. The van der Waals surface area contributed by atoms with Crippen molar-refractivity contribution < 1.29 is 14.3 Å². The summed E-state index contributed by atoms with van der Waals surface area (Å²) in [6.07, 6.45) is 0.664. The quantitative estimate of drug-likeness (QED) is 0.428. The molecule has 0 amide bonds. The van der Waals surface area contributed by atoms with Gasteiger partial charge in [0, 0.05) is 32.8 Å². The lowest BCUT2D eigenvalue weighted by Gasteiger charge is -2.14. The molecule has 0 fully saturated rings. The van der Waals surface area contributed by atoms with Crippen LogP contribution in [0.1, 0.15) is 17.3 Å². The minimum atomic E-state index is -0.436. The lowest BCUT2D eigenvalue weighted by Crippen LogP contribution is -2.10. The molecule has 0 bridgehead atoms. The fourth-order valence-electron chi connectivity index (χ4n) is 1.14. The zero-order valence-corrected chi connectivity index (χ0v) is 8.98. The van der Waals surface area contributed by atoms with E-state index < -0.39 is 5.97 Å². The number of anilines is 1. The van der Waals surface area contributed by atoms with Crippen LogP contribution >= 0.6 is 0 Å². The van der Waals surface area contributed by atoms with Crippen molar-refractivity contribution in [2.45, 2.75) is 6.92 Å². The molecule has 0 radical (unpaired) electrons. The Labute approximate surface area is 88.5 Å². The topological polar surface area (TPSA) is 46.6 Å². The maximum absolute atomic E-state index is 10.8. The summed E-state index contributed by atoms with van der Waals surface area (Å²) in [4.78, 5) is 23.4. The lowest BCUT2D eigenvalue weighted by atomic mass is 10.2. The van der Waals surface area contributed by atoms with Crippen LogP contribution in [0.4, 0.5) is 5.69 Å². The number of benzene rings is 1. The van der Waals surface area contributed by atoms with E-state index in [1.807, 2.05) is 19.0 Å². The van der Waals surface area contributed by atoms with Crippen LogP contribution in [0.3, 0.4) is 0 Å². The van der Waals surface area contributed by atoms with Crippen molar-refractivity contribution in [3.8, 4) is 5.75 Å². The van der Waals surface area contributed by atoms with Gasteiger partial charge in [-0.3, -0.25) is 9.59 Å². The summed E-state index contributed by atoms with van der Waals surface area (Å²) in [6, 6.07) is 5.07. The van der Waals surface area contributed by atoms with Gasteiger partial charge in [0.2, 0.25) is 0 Å². The van der Waals surface area contributed by atoms with Crippen molar-refractivity contribution in [3.05, 3.63) is 23.8 Å². The summed E-state index contributed by atoms with van der Waals surface area (Å²) in [5.74, 6) is -0.141. The summed E-state index contributed by atoms with van der Waals surface area (Å²) >= 11 is 0. The third-order valence-corrected chi connectivity index (χ3v) is 1.89. The number of rotatable bonds is 3. The van der Waals surface area contributed by atoms with Crippen LogP contribution in [0.15, 0.2) is 18.2 Å². The van der Waals surface area contributed by atoms with Crippen molar-refractivity contribution in [1.82, 2.24) is 0 Å². The molecule has 4 heteroatoms. The Morgan fingerprint density at radius 3 is 2.53 bits per heavy atom. The number of carbonyl (C=O) groups excluding carboxylic acids is 2. The molecule has 15 heavy (non-hydrogen) atoms. The Morgan fingerprint density at radius 1 is 1.40 bits per heavy atom. The molecule has 80 valence electrons. The van der Waals surface area contributed by atoms with Gasteiger partial charge < -0.3 is 9.64 Å². The van der Waals surface area contributed by atoms with Crippen molar-refractivity contribution in [1.29, 1.82) is 0 Å². The minimum Gasteiger partial charge on any atom is -0.426 e. The molecule has 0 saturated heterocycles. The molecule has 0 unspecified atom stereocenters. The van der Waals surface area contributed by atoms with Gasteiger partial charge in [0.05, 0.1) is 5.56 Å². The summed E-state index contributed by atoms with van der Waals surface area (Å²) in [6.45, 7) is 1.30. The molecule has 1 aromatic rings. The van der Waals surface area contributed by atoms with Gasteiger partial charge in [-0.25, -0.2) is 0 Å². The molecule has 0 aliphatic heterocycles. The normalized spacial score (nSPS) is 9.53. The predicted octanol–water partition coefficient (Wildman–Crippen LogP) is 1.49. The molecule has 0 atom stereocenters. The number of ether oxygens (including phenoxy) is 1. The first-order valence-corrected chi connectivity index (χ1v) is 4.49. The van der Waals surface area contributed by atoms with Crippen LogP contribution in [0, 0.1) is 0 Å². The number of carbonyl (C=O) groups is 2. The summed E-state index contributed by atoms with van der Waals surface area (Å²) in [7, 11) is 3.74. The molecule has 4 nitrogen and oxygen atoms in total. The van der Waals surface area contributed by atoms with Crippen molar-refractivity contribution in [3.63, 3.8) is 0 Å². The van der Waals surface area contributed by atoms with Crippen LogP contribution in [0.2, 0.25) is 0 Å². The van der Waals surface area contributed by atoms with E-state index in [9.17, 15) is 9.59 Å². The average molecular weight is 207 g/mol. The highest BCUT2D eigenvalue weighted by Crippen LogP contribution is 2.23. The van der Waals surface area contributed by atoms with Gasteiger partial charge in [-0.05, 0) is 12.1 Å². The van der Waals surface area contributed by atoms with Gasteiger partial charge in [0.1, 0.15) is 5.75 Å². The Balaban J connectivity index is 3.12. The maximum atomic E-state index is 10.8. The third kappa shape index (κ3) is 2.80. The maximum Gasteiger partial charge on any atom is 0.308 e. The molecular formula is C11H13NO3. The van der Waals surface area contributed by atoms with E-state index in [0.717, 1.165) is 5.69 Å². The van der Waals surface area contributed by atoms with E-state index in [4.69, 9.17) is 4.74 Å². The number of hydrogen-bond acceptors (Lipinski definition) is 4.